The Hall–Kier alpha value is -1.60. The molecule has 0 aliphatic heterocycles. The molecule has 1 aromatic carbocycles. The molecule has 0 spiro atoms. The zero-order chi connectivity index (χ0) is 18.4. The highest BCUT2D eigenvalue weighted by molar-refractivity contribution is 7.90. The number of guanidine groups is 1. The molecule has 6 nitrogen and oxygen atoms in total. The van der Waals surface area contributed by atoms with Gasteiger partial charge in [-0.25, -0.2) is 8.42 Å². The highest BCUT2D eigenvalue weighted by atomic mass is 32.2. The predicted octanol–water partition coefficient (Wildman–Crippen LogP) is 1.45. The lowest BCUT2D eigenvalue weighted by atomic mass is 10.1. The van der Waals surface area contributed by atoms with E-state index < -0.39 is 9.84 Å². The van der Waals surface area contributed by atoms with E-state index in [1.165, 1.54) is 6.26 Å². The van der Waals surface area contributed by atoms with Crippen molar-refractivity contribution in [2.24, 2.45) is 4.99 Å². The van der Waals surface area contributed by atoms with Crippen molar-refractivity contribution in [2.75, 3.05) is 26.4 Å². The van der Waals surface area contributed by atoms with Gasteiger partial charge in [0.1, 0.15) is 0 Å². The fourth-order valence-corrected chi connectivity index (χ4v) is 3.22. The first-order valence-electron chi connectivity index (χ1n) is 8.02. The van der Waals surface area contributed by atoms with Crippen LogP contribution in [0, 0.1) is 6.92 Å². The van der Waals surface area contributed by atoms with Crippen LogP contribution < -0.4 is 16.0 Å². The van der Waals surface area contributed by atoms with E-state index in [2.05, 4.69) is 41.7 Å². The zero-order valence-corrected chi connectivity index (χ0v) is 16.3. The lowest BCUT2D eigenvalue weighted by Crippen LogP contribution is -2.44. The van der Waals surface area contributed by atoms with Crippen LogP contribution in [-0.4, -0.2) is 46.3 Å². The molecule has 0 saturated carbocycles. The van der Waals surface area contributed by atoms with E-state index in [0.29, 0.717) is 11.4 Å². The third-order valence-electron chi connectivity index (χ3n) is 3.40. The Morgan fingerprint density at radius 2 is 1.83 bits per heavy atom. The van der Waals surface area contributed by atoms with E-state index in [1.807, 2.05) is 19.1 Å². The average molecular weight is 355 g/mol. The largest absolute Gasteiger partial charge is 0.355 e. The molecule has 0 saturated heterocycles. The number of rotatable bonds is 6. The zero-order valence-electron chi connectivity index (χ0n) is 15.5. The van der Waals surface area contributed by atoms with Gasteiger partial charge in [-0.05, 0) is 44.9 Å². The number of nitrogens with zero attached hydrogens (tertiary/aromatic N) is 1. The lowest BCUT2D eigenvalue weighted by molar-refractivity contribution is 0.428. The normalized spacial score (nSPS) is 13.0. The van der Waals surface area contributed by atoms with Crippen LogP contribution in [0.4, 0.5) is 0 Å². The third-order valence-corrected chi connectivity index (χ3v) is 4.65. The van der Waals surface area contributed by atoms with E-state index in [9.17, 15) is 8.42 Å². The fourth-order valence-electron chi connectivity index (χ4n) is 2.26. The monoisotopic (exact) mass is 354 g/mol. The Kier molecular flexibility index (Phi) is 7.23. The fraction of sp³-hybridized carbons (Fsp3) is 0.588. The molecule has 0 amide bonds. The Labute approximate surface area is 146 Å². The Bertz CT molecular complexity index is 676. The van der Waals surface area contributed by atoms with Crippen LogP contribution in [-0.2, 0) is 16.4 Å². The summed E-state index contributed by atoms with van der Waals surface area (Å²) < 4.78 is 23.3. The van der Waals surface area contributed by atoms with Crippen LogP contribution in [0.1, 0.15) is 31.9 Å². The summed E-state index contributed by atoms with van der Waals surface area (Å²) in [7, 11) is -1.45. The van der Waals surface area contributed by atoms with Gasteiger partial charge in [0, 0.05) is 38.5 Å². The summed E-state index contributed by atoms with van der Waals surface area (Å²) in [6, 6.07) is 5.37. The predicted molar refractivity (Wildman–Crippen MR) is 100 cm³/mol. The van der Waals surface area contributed by atoms with Crippen molar-refractivity contribution in [1.82, 2.24) is 16.0 Å². The molecule has 0 aliphatic rings. The molecule has 0 aromatic heterocycles. The van der Waals surface area contributed by atoms with Crippen molar-refractivity contribution >= 4 is 15.8 Å². The second kappa shape index (κ2) is 8.48. The number of hydrogen-bond donors (Lipinski definition) is 3. The van der Waals surface area contributed by atoms with E-state index in [4.69, 9.17) is 0 Å². The van der Waals surface area contributed by atoms with Crippen LogP contribution >= 0.6 is 0 Å². The smallest absolute Gasteiger partial charge is 0.191 e. The van der Waals surface area contributed by atoms with E-state index in [0.717, 1.165) is 30.2 Å². The molecule has 0 atom stereocenters. The molecule has 7 heteroatoms. The van der Waals surface area contributed by atoms with Crippen LogP contribution in [0.3, 0.4) is 0 Å². The highest BCUT2D eigenvalue weighted by Crippen LogP contribution is 2.16. The SMILES string of the molecule is CN=C(NCCNC(C)(C)C)NCc1ccc(S(C)(=O)=O)c(C)c1. The van der Waals surface area contributed by atoms with Crippen molar-refractivity contribution in [3.63, 3.8) is 0 Å². The van der Waals surface area contributed by atoms with Gasteiger partial charge in [-0.15, -0.1) is 0 Å². The lowest BCUT2D eigenvalue weighted by Gasteiger charge is -2.21. The van der Waals surface area contributed by atoms with Gasteiger partial charge in [0.05, 0.1) is 4.90 Å². The molecule has 0 heterocycles. The summed E-state index contributed by atoms with van der Waals surface area (Å²) in [6.45, 7) is 10.4. The number of sulfone groups is 1. The number of nitrogens with one attached hydrogen (secondary N) is 3. The van der Waals surface area contributed by atoms with E-state index >= 15 is 0 Å². The quantitative estimate of drug-likeness (QED) is 0.409. The molecular weight excluding hydrogens is 324 g/mol. The van der Waals surface area contributed by atoms with E-state index in [-0.39, 0.29) is 5.54 Å². The van der Waals surface area contributed by atoms with Crippen molar-refractivity contribution in [2.45, 2.75) is 44.7 Å². The molecule has 1 rings (SSSR count). The second-order valence-corrected chi connectivity index (χ2v) is 8.89. The van der Waals surface area contributed by atoms with Crippen LogP contribution in [0.25, 0.3) is 0 Å². The molecular formula is C17H30N4O2S. The topological polar surface area (TPSA) is 82.6 Å². The first-order chi connectivity index (χ1) is 11.0. The number of benzene rings is 1. The second-order valence-electron chi connectivity index (χ2n) is 6.90. The van der Waals surface area contributed by atoms with Crippen LogP contribution in [0.2, 0.25) is 0 Å². The summed E-state index contributed by atoms with van der Waals surface area (Å²) in [5.41, 5.74) is 1.86. The maximum absolute atomic E-state index is 11.6. The first kappa shape index (κ1) is 20.4. The van der Waals surface area contributed by atoms with Gasteiger partial charge in [0.2, 0.25) is 0 Å². The summed E-state index contributed by atoms with van der Waals surface area (Å²) in [6.07, 6.45) is 1.23. The first-order valence-corrected chi connectivity index (χ1v) is 9.91. The Balaban J connectivity index is 2.54. The molecule has 24 heavy (non-hydrogen) atoms. The maximum Gasteiger partial charge on any atom is 0.191 e. The minimum atomic E-state index is -3.18. The molecule has 3 N–H and O–H groups in total. The molecule has 0 bridgehead atoms. The van der Waals surface area contributed by atoms with Gasteiger partial charge in [-0.2, -0.15) is 0 Å². The standard InChI is InChI=1S/C17H30N4O2S/c1-13-11-14(7-8-15(13)24(6,22)23)12-20-16(18-5)19-9-10-21-17(2,3)4/h7-8,11,21H,9-10,12H2,1-6H3,(H2,18,19,20). The summed E-state index contributed by atoms with van der Waals surface area (Å²) >= 11 is 0. The third kappa shape index (κ3) is 7.31. The van der Waals surface area contributed by atoms with Crippen molar-refractivity contribution in [1.29, 1.82) is 0 Å². The molecule has 136 valence electrons. The van der Waals surface area contributed by atoms with Gasteiger partial charge in [0.15, 0.2) is 15.8 Å². The molecule has 0 fully saturated rings. The molecule has 0 unspecified atom stereocenters. The Morgan fingerprint density at radius 1 is 1.17 bits per heavy atom. The van der Waals surface area contributed by atoms with Crippen molar-refractivity contribution in [3.8, 4) is 0 Å². The van der Waals surface area contributed by atoms with Crippen molar-refractivity contribution < 1.29 is 8.42 Å². The highest BCUT2D eigenvalue weighted by Gasteiger charge is 2.11. The number of hydrogen-bond acceptors (Lipinski definition) is 4. The molecule has 0 radical (unpaired) electrons. The van der Waals surface area contributed by atoms with Gasteiger partial charge in [-0.3, -0.25) is 4.99 Å². The van der Waals surface area contributed by atoms with Gasteiger partial charge in [0.25, 0.3) is 0 Å². The summed E-state index contributed by atoms with van der Waals surface area (Å²) in [4.78, 5) is 4.56. The van der Waals surface area contributed by atoms with E-state index in [1.54, 1.807) is 13.1 Å². The molecule has 0 aliphatic carbocycles. The minimum absolute atomic E-state index is 0.0948. The summed E-state index contributed by atoms with van der Waals surface area (Å²) in [5, 5.41) is 9.87. The average Bonchev–Trinajstić information content (AvgIpc) is 2.44. The molecule has 1 aromatic rings. The number of aliphatic imine (C=N–C) groups is 1. The van der Waals surface area contributed by atoms with Gasteiger partial charge >= 0.3 is 0 Å². The Morgan fingerprint density at radius 3 is 2.33 bits per heavy atom. The summed E-state index contributed by atoms with van der Waals surface area (Å²) in [5.74, 6) is 0.718. The van der Waals surface area contributed by atoms with Crippen molar-refractivity contribution in [3.05, 3.63) is 29.3 Å². The maximum atomic E-state index is 11.6. The number of aryl methyl sites for hydroxylation is 1. The minimum Gasteiger partial charge on any atom is -0.355 e. The van der Waals surface area contributed by atoms with Crippen LogP contribution in [0.15, 0.2) is 28.1 Å². The van der Waals surface area contributed by atoms with Gasteiger partial charge in [-0.1, -0.05) is 12.1 Å². The van der Waals surface area contributed by atoms with Crippen LogP contribution in [0.5, 0.6) is 0 Å². The van der Waals surface area contributed by atoms with Gasteiger partial charge < -0.3 is 16.0 Å².